The molecule has 0 unspecified atom stereocenters. The van der Waals surface area contributed by atoms with E-state index < -0.39 is 0 Å². The highest BCUT2D eigenvalue weighted by molar-refractivity contribution is 8.13. The fourth-order valence-corrected chi connectivity index (χ4v) is 3.43. The van der Waals surface area contributed by atoms with Crippen molar-refractivity contribution in [3.8, 4) is 5.88 Å². The molecule has 0 atom stereocenters. The zero-order valence-corrected chi connectivity index (χ0v) is 18.1. The Kier molecular flexibility index (Phi) is 8.42. The third kappa shape index (κ3) is 7.42. The molecule has 0 bridgehead atoms. The van der Waals surface area contributed by atoms with E-state index in [1.165, 1.54) is 29.7 Å². The molecule has 3 rings (SSSR count). The van der Waals surface area contributed by atoms with Crippen LogP contribution in [0.2, 0.25) is 0 Å². The second-order valence-corrected chi connectivity index (χ2v) is 7.68. The maximum Gasteiger partial charge on any atom is 0.275 e. The highest BCUT2D eigenvalue weighted by Crippen LogP contribution is 2.14. The lowest BCUT2D eigenvalue weighted by Crippen LogP contribution is -2.14. The minimum atomic E-state index is -0.341. The molecular formula is C23H25N5O2S. The van der Waals surface area contributed by atoms with Crippen molar-refractivity contribution in [2.24, 2.45) is 10.7 Å². The number of ether oxygens (including phenoxy) is 1. The number of amides is 1. The molecule has 0 radical (unpaired) electrons. The Bertz CT molecular complexity index is 1010. The van der Waals surface area contributed by atoms with E-state index in [1.54, 1.807) is 0 Å². The number of hydrogen-bond donors (Lipinski definition) is 2. The van der Waals surface area contributed by atoms with Gasteiger partial charge in [0, 0.05) is 11.4 Å². The normalized spacial score (nSPS) is 11.2. The number of anilines is 1. The number of carbonyl (C=O) groups excluding carboxylic acids is 1. The quantitative estimate of drug-likeness (QED) is 0.390. The summed E-state index contributed by atoms with van der Waals surface area (Å²) in [5.41, 5.74) is 9.13. The van der Waals surface area contributed by atoms with E-state index in [9.17, 15) is 4.79 Å². The Morgan fingerprint density at radius 2 is 1.90 bits per heavy atom. The molecule has 1 amide bonds. The zero-order chi connectivity index (χ0) is 21.9. The van der Waals surface area contributed by atoms with Crippen LogP contribution in [0.5, 0.6) is 5.88 Å². The van der Waals surface area contributed by atoms with Gasteiger partial charge in [-0.05, 0) is 36.6 Å². The largest absolute Gasteiger partial charge is 0.477 e. The molecule has 0 fully saturated rings. The average Bonchev–Trinajstić information content (AvgIpc) is 2.79. The first kappa shape index (κ1) is 22.3. The summed E-state index contributed by atoms with van der Waals surface area (Å²) in [6, 6.07) is 17.8. The zero-order valence-electron chi connectivity index (χ0n) is 17.3. The smallest absolute Gasteiger partial charge is 0.275 e. The number of nitrogens with zero attached hydrogens (tertiary/aromatic N) is 3. The summed E-state index contributed by atoms with van der Waals surface area (Å²) >= 11 is 1.54. The second kappa shape index (κ2) is 11.7. The molecule has 0 aliphatic carbocycles. The molecule has 1 heterocycles. The van der Waals surface area contributed by atoms with Crippen molar-refractivity contribution >= 4 is 28.5 Å². The molecule has 7 nitrogen and oxygen atoms in total. The molecule has 0 saturated heterocycles. The van der Waals surface area contributed by atoms with Crippen LogP contribution in [0.4, 0.5) is 5.69 Å². The van der Waals surface area contributed by atoms with E-state index in [1.807, 2.05) is 49.4 Å². The monoisotopic (exact) mass is 435 g/mol. The van der Waals surface area contributed by atoms with E-state index in [-0.39, 0.29) is 11.6 Å². The Balaban J connectivity index is 1.50. The third-order valence-electron chi connectivity index (χ3n) is 4.24. The van der Waals surface area contributed by atoms with Gasteiger partial charge in [-0.1, -0.05) is 54.2 Å². The highest BCUT2D eigenvalue weighted by Gasteiger charge is 2.09. The average molecular weight is 436 g/mol. The van der Waals surface area contributed by atoms with Gasteiger partial charge in [0.15, 0.2) is 5.17 Å². The molecule has 0 aliphatic rings. The van der Waals surface area contributed by atoms with Crippen LogP contribution in [-0.4, -0.2) is 33.4 Å². The van der Waals surface area contributed by atoms with E-state index in [2.05, 4.69) is 32.4 Å². The summed E-state index contributed by atoms with van der Waals surface area (Å²) < 4.78 is 5.24. The summed E-state index contributed by atoms with van der Waals surface area (Å²) in [4.78, 5) is 25.0. The number of aromatic nitrogens is 2. The van der Waals surface area contributed by atoms with Gasteiger partial charge in [0.25, 0.3) is 5.91 Å². The first-order valence-electron chi connectivity index (χ1n) is 9.96. The van der Waals surface area contributed by atoms with Crippen molar-refractivity contribution in [1.82, 2.24) is 9.97 Å². The number of aryl methyl sites for hydroxylation is 1. The first-order valence-corrected chi connectivity index (χ1v) is 10.9. The second-order valence-electron chi connectivity index (χ2n) is 6.57. The Morgan fingerprint density at radius 1 is 1.10 bits per heavy atom. The van der Waals surface area contributed by atoms with Gasteiger partial charge < -0.3 is 15.8 Å². The number of hydrogen-bond acceptors (Lipinski definition) is 6. The first-order chi connectivity index (χ1) is 15.1. The number of nitrogens with one attached hydrogen (secondary N) is 1. The minimum absolute atomic E-state index is 0.214. The summed E-state index contributed by atoms with van der Waals surface area (Å²) in [7, 11) is 0. The predicted molar refractivity (Wildman–Crippen MR) is 126 cm³/mol. The molecular weight excluding hydrogens is 410 g/mol. The Hall–Kier alpha value is -3.39. The fraction of sp³-hybridized carbons (Fsp3) is 0.217. The number of benzene rings is 2. The minimum Gasteiger partial charge on any atom is -0.477 e. The third-order valence-corrected chi connectivity index (χ3v) is 5.07. The van der Waals surface area contributed by atoms with Crippen molar-refractivity contribution < 1.29 is 9.53 Å². The van der Waals surface area contributed by atoms with Crippen LogP contribution in [-0.2, 0) is 13.0 Å². The Morgan fingerprint density at radius 3 is 2.65 bits per heavy atom. The van der Waals surface area contributed by atoms with Gasteiger partial charge in [-0.15, -0.1) is 0 Å². The van der Waals surface area contributed by atoms with Crippen LogP contribution >= 0.6 is 11.8 Å². The number of aliphatic imine (C=N–C) groups is 1. The van der Waals surface area contributed by atoms with Crippen LogP contribution < -0.4 is 15.8 Å². The van der Waals surface area contributed by atoms with Crippen LogP contribution in [0, 0.1) is 0 Å². The van der Waals surface area contributed by atoms with Crippen molar-refractivity contribution in [3.63, 3.8) is 0 Å². The standard InChI is InChI=1S/C23H25N5O2S/c1-2-30-21-16-25-20(15-26-21)22(29)28-19-10-6-9-18(13-19)14-27-23(24)31-12-11-17-7-4-3-5-8-17/h3-10,13,15-16H,2,11-12,14H2,1H3,(H2,24,27)(H,28,29). The number of amidine groups is 1. The fourth-order valence-electron chi connectivity index (χ4n) is 2.73. The lowest BCUT2D eigenvalue weighted by Gasteiger charge is -2.07. The van der Waals surface area contributed by atoms with Gasteiger partial charge in [-0.3, -0.25) is 9.79 Å². The van der Waals surface area contributed by atoms with Gasteiger partial charge in [-0.2, -0.15) is 0 Å². The molecule has 2 aromatic carbocycles. The number of nitrogens with two attached hydrogens (primary N) is 1. The number of carbonyl (C=O) groups is 1. The van der Waals surface area contributed by atoms with E-state index >= 15 is 0 Å². The maximum atomic E-state index is 12.4. The maximum absolute atomic E-state index is 12.4. The van der Waals surface area contributed by atoms with Crippen LogP contribution in [0.15, 0.2) is 72.0 Å². The highest BCUT2D eigenvalue weighted by atomic mass is 32.2. The van der Waals surface area contributed by atoms with Crippen molar-refractivity contribution in [3.05, 3.63) is 83.8 Å². The molecule has 3 N–H and O–H groups in total. The molecule has 0 saturated carbocycles. The molecule has 0 spiro atoms. The van der Waals surface area contributed by atoms with Crippen LogP contribution in [0.3, 0.4) is 0 Å². The van der Waals surface area contributed by atoms with E-state index in [0.717, 1.165) is 17.7 Å². The SMILES string of the molecule is CCOc1cnc(C(=O)Nc2cccc(CN=C(N)SCCc3ccccc3)c2)cn1. The molecule has 8 heteroatoms. The molecule has 1 aromatic heterocycles. The molecule has 31 heavy (non-hydrogen) atoms. The van der Waals surface area contributed by atoms with Crippen molar-refractivity contribution in [2.75, 3.05) is 17.7 Å². The van der Waals surface area contributed by atoms with Gasteiger partial charge in [0.1, 0.15) is 5.69 Å². The predicted octanol–water partition coefficient (Wildman–Crippen LogP) is 3.92. The van der Waals surface area contributed by atoms with Crippen LogP contribution in [0.1, 0.15) is 28.5 Å². The topological polar surface area (TPSA) is 102 Å². The molecule has 3 aromatic rings. The summed E-state index contributed by atoms with van der Waals surface area (Å²) in [6.45, 7) is 2.79. The van der Waals surface area contributed by atoms with Gasteiger partial charge in [0.2, 0.25) is 5.88 Å². The number of rotatable bonds is 9. The van der Waals surface area contributed by atoms with Crippen molar-refractivity contribution in [2.45, 2.75) is 19.9 Å². The number of thioether (sulfide) groups is 1. The summed E-state index contributed by atoms with van der Waals surface area (Å²) in [5.74, 6) is 0.920. The Labute approximate surface area is 186 Å². The van der Waals surface area contributed by atoms with Crippen LogP contribution in [0.25, 0.3) is 0 Å². The van der Waals surface area contributed by atoms with Gasteiger partial charge >= 0.3 is 0 Å². The van der Waals surface area contributed by atoms with Crippen molar-refractivity contribution in [1.29, 1.82) is 0 Å². The van der Waals surface area contributed by atoms with Gasteiger partial charge in [0.05, 0.1) is 25.5 Å². The van der Waals surface area contributed by atoms with Gasteiger partial charge in [-0.25, -0.2) is 9.97 Å². The summed E-state index contributed by atoms with van der Waals surface area (Å²) in [6.07, 6.45) is 3.77. The molecule has 160 valence electrons. The lowest BCUT2D eigenvalue weighted by atomic mass is 10.2. The molecule has 0 aliphatic heterocycles. The lowest BCUT2D eigenvalue weighted by molar-refractivity contribution is 0.102. The van der Waals surface area contributed by atoms with E-state index in [0.29, 0.717) is 29.9 Å². The summed E-state index contributed by atoms with van der Waals surface area (Å²) in [5, 5.41) is 3.37. The van der Waals surface area contributed by atoms with E-state index in [4.69, 9.17) is 10.5 Å².